The van der Waals surface area contributed by atoms with E-state index in [0.29, 0.717) is 36.4 Å². The zero-order chi connectivity index (χ0) is 26.7. The van der Waals surface area contributed by atoms with Crippen molar-refractivity contribution in [3.63, 3.8) is 0 Å². The Hall–Kier alpha value is -1.12. The highest BCUT2D eigenvalue weighted by Gasteiger charge is 2.43. The molecule has 6 atom stereocenters. The summed E-state index contributed by atoms with van der Waals surface area (Å²) in [4.78, 5) is 47.0. The van der Waals surface area contributed by atoms with E-state index in [1.54, 1.807) is 21.6 Å². The molecule has 0 aromatic rings. The first-order chi connectivity index (χ1) is 18.5. The van der Waals surface area contributed by atoms with Gasteiger partial charge in [-0.15, -0.1) is 0 Å². The summed E-state index contributed by atoms with van der Waals surface area (Å²) in [7, 11) is 3.43. The summed E-state index contributed by atoms with van der Waals surface area (Å²) in [5, 5.41) is 18.8. The van der Waals surface area contributed by atoms with Crippen LogP contribution in [0.5, 0.6) is 0 Å². The minimum atomic E-state index is -0.0512. The molecule has 4 rings (SSSR count). The molecule has 14 heteroatoms. The van der Waals surface area contributed by atoms with Gasteiger partial charge in [0.05, 0.1) is 24.2 Å². The summed E-state index contributed by atoms with van der Waals surface area (Å²) in [6.45, 7) is 1.31. The number of thioether (sulfide) groups is 2. The predicted octanol–water partition coefficient (Wildman–Crippen LogP) is 2.05. The Morgan fingerprint density at radius 3 is 1.61 bits per heavy atom. The molecule has 0 unspecified atom stereocenters. The number of rotatable bonds is 17. The lowest BCUT2D eigenvalue weighted by Gasteiger charge is -2.16. The Morgan fingerprint density at radius 1 is 0.711 bits per heavy atom. The van der Waals surface area contributed by atoms with Gasteiger partial charge in [0.25, 0.3) is 0 Å². The van der Waals surface area contributed by atoms with Gasteiger partial charge in [0.1, 0.15) is 0 Å². The zero-order valence-corrected chi connectivity index (χ0v) is 24.9. The van der Waals surface area contributed by atoms with Gasteiger partial charge in [-0.25, -0.2) is 9.59 Å². The molecule has 6 N–H and O–H groups in total. The number of hydrogen-bond acceptors (Lipinski definition) is 8. The van der Waals surface area contributed by atoms with Crippen LogP contribution in [0, 0.1) is 0 Å². The standard InChI is InChI=1S/C24H40N6O4S4/c31-19(7-3-1-5-17-21-15(13-35-17)27-23(33)29-21)25-9-11-37-38-12-10-26-20(32)8-4-2-6-18-22-16(14-36-18)28-24(34)30-22/h15-18,21-22H,1-14H2,(H,25,31)(H,26,32)(H2,27,29,33)(H2,28,30,34)/t15-,16-,17-,18-,21-,22-/m0/s1. The Kier molecular flexibility index (Phi) is 12.3. The van der Waals surface area contributed by atoms with E-state index in [1.165, 1.54) is 0 Å². The van der Waals surface area contributed by atoms with Crippen LogP contribution in [0.2, 0.25) is 0 Å². The fourth-order valence-electron chi connectivity index (χ4n) is 5.31. The monoisotopic (exact) mass is 604 g/mol. The number of unbranched alkanes of at least 4 members (excludes halogenated alkanes) is 2. The number of hydrogen-bond donors (Lipinski definition) is 6. The van der Waals surface area contributed by atoms with Crippen LogP contribution in [-0.2, 0) is 9.59 Å². The second-order valence-corrected chi connectivity index (χ2v) is 15.3. The van der Waals surface area contributed by atoms with Gasteiger partial charge >= 0.3 is 12.1 Å². The van der Waals surface area contributed by atoms with Gasteiger partial charge in [0.2, 0.25) is 11.8 Å². The van der Waals surface area contributed by atoms with Crippen LogP contribution in [0.1, 0.15) is 51.4 Å². The van der Waals surface area contributed by atoms with Crippen LogP contribution >= 0.6 is 45.1 Å². The number of fused-ring (bicyclic) bond motifs is 2. The second kappa shape index (κ2) is 15.6. The van der Waals surface area contributed by atoms with Crippen molar-refractivity contribution in [3.05, 3.63) is 0 Å². The minimum Gasteiger partial charge on any atom is -0.355 e. The minimum absolute atomic E-state index is 0.0512. The van der Waals surface area contributed by atoms with Crippen LogP contribution in [0.3, 0.4) is 0 Å². The van der Waals surface area contributed by atoms with Gasteiger partial charge in [-0.1, -0.05) is 34.4 Å². The molecule has 0 aliphatic carbocycles. The van der Waals surface area contributed by atoms with Crippen molar-refractivity contribution in [1.29, 1.82) is 0 Å². The average molecular weight is 605 g/mol. The van der Waals surface area contributed by atoms with Gasteiger partial charge in [-0.05, 0) is 25.7 Å². The quantitative estimate of drug-likeness (QED) is 0.0843. The Balaban J connectivity index is 0.893. The molecule has 4 aliphatic heterocycles. The largest absolute Gasteiger partial charge is 0.355 e. The summed E-state index contributed by atoms with van der Waals surface area (Å²) in [6.07, 6.45) is 6.91. The first-order valence-electron chi connectivity index (χ1n) is 13.6. The molecule has 0 spiro atoms. The lowest BCUT2D eigenvalue weighted by atomic mass is 10.0. The molecular weight excluding hydrogens is 565 g/mol. The van der Waals surface area contributed by atoms with Crippen LogP contribution in [0.25, 0.3) is 0 Å². The summed E-state index contributed by atoms with van der Waals surface area (Å²) in [6, 6.07) is 0.888. The van der Waals surface area contributed by atoms with E-state index in [-0.39, 0.29) is 48.0 Å². The van der Waals surface area contributed by atoms with Gasteiger partial charge in [0, 0.05) is 59.4 Å². The molecule has 4 fully saturated rings. The van der Waals surface area contributed by atoms with E-state index in [0.717, 1.165) is 61.5 Å². The van der Waals surface area contributed by atoms with Gasteiger partial charge in [0.15, 0.2) is 0 Å². The van der Waals surface area contributed by atoms with E-state index >= 15 is 0 Å². The Morgan fingerprint density at radius 2 is 1.16 bits per heavy atom. The van der Waals surface area contributed by atoms with E-state index in [4.69, 9.17) is 0 Å². The summed E-state index contributed by atoms with van der Waals surface area (Å²) in [5.41, 5.74) is 0. The van der Waals surface area contributed by atoms with E-state index in [1.807, 2.05) is 23.5 Å². The molecule has 6 amide bonds. The molecular formula is C24H40N6O4S4. The number of nitrogens with one attached hydrogen (secondary N) is 6. The Bertz CT molecular complexity index is 774. The summed E-state index contributed by atoms with van der Waals surface area (Å²) < 4.78 is 0. The summed E-state index contributed by atoms with van der Waals surface area (Å²) >= 11 is 3.83. The number of amides is 6. The maximum absolute atomic E-state index is 12.1. The van der Waals surface area contributed by atoms with Crippen molar-refractivity contribution in [2.45, 2.75) is 86.0 Å². The third-order valence-electron chi connectivity index (χ3n) is 7.26. The normalized spacial score (nSPS) is 29.2. The highest BCUT2D eigenvalue weighted by Crippen LogP contribution is 2.34. The molecule has 38 heavy (non-hydrogen) atoms. The van der Waals surface area contributed by atoms with Crippen LogP contribution in [0.15, 0.2) is 0 Å². The number of carbonyl (C=O) groups is 4. The lowest BCUT2D eigenvalue weighted by Crippen LogP contribution is -2.36. The maximum Gasteiger partial charge on any atom is 0.315 e. The van der Waals surface area contributed by atoms with Crippen molar-refractivity contribution in [3.8, 4) is 0 Å². The SMILES string of the molecule is O=C(CCCC[C@@H]1SC[C@@H]2NC(=O)N[C@@H]21)NCCSSCCNC(=O)CCCC[C@@H]1SC[C@@H]2NC(=O)N[C@@H]21. The predicted molar refractivity (Wildman–Crippen MR) is 159 cm³/mol. The third kappa shape index (κ3) is 9.22. The van der Waals surface area contributed by atoms with Crippen LogP contribution in [-0.4, -0.2) is 94.6 Å². The zero-order valence-electron chi connectivity index (χ0n) is 21.6. The third-order valence-corrected chi connectivity index (χ3v) is 12.7. The first-order valence-corrected chi connectivity index (χ1v) is 18.2. The molecule has 214 valence electrons. The lowest BCUT2D eigenvalue weighted by molar-refractivity contribution is -0.121. The van der Waals surface area contributed by atoms with E-state index in [2.05, 4.69) is 31.9 Å². The smallest absolute Gasteiger partial charge is 0.315 e. The van der Waals surface area contributed by atoms with Crippen molar-refractivity contribution in [2.75, 3.05) is 36.1 Å². The average Bonchev–Trinajstić information content (AvgIpc) is 3.63. The molecule has 4 aliphatic rings. The molecule has 0 aromatic carbocycles. The second-order valence-electron chi connectivity index (χ2n) is 10.1. The molecule has 10 nitrogen and oxygen atoms in total. The van der Waals surface area contributed by atoms with Crippen molar-refractivity contribution in [2.24, 2.45) is 0 Å². The number of urea groups is 2. The molecule has 0 saturated carbocycles. The van der Waals surface area contributed by atoms with E-state index < -0.39 is 0 Å². The first kappa shape index (κ1) is 29.9. The highest BCUT2D eigenvalue weighted by molar-refractivity contribution is 8.76. The van der Waals surface area contributed by atoms with E-state index in [9.17, 15) is 19.2 Å². The van der Waals surface area contributed by atoms with Gasteiger partial charge in [-0.2, -0.15) is 23.5 Å². The van der Waals surface area contributed by atoms with Gasteiger partial charge < -0.3 is 31.9 Å². The maximum atomic E-state index is 12.1. The van der Waals surface area contributed by atoms with Gasteiger partial charge in [-0.3, -0.25) is 9.59 Å². The van der Waals surface area contributed by atoms with Crippen molar-refractivity contribution < 1.29 is 19.2 Å². The highest BCUT2D eigenvalue weighted by atomic mass is 33.1. The molecule has 4 heterocycles. The number of carbonyl (C=O) groups excluding carboxylic acids is 4. The van der Waals surface area contributed by atoms with Crippen molar-refractivity contribution >= 4 is 69.0 Å². The Labute approximate surface area is 241 Å². The summed E-state index contributed by atoms with van der Waals surface area (Å²) in [5.74, 6) is 3.84. The fraction of sp³-hybridized carbons (Fsp3) is 0.833. The molecule has 0 aromatic heterocycles. The topological polar surface area (TPSA) is 140 Å². The fourth-order valence-corrected chi connectivity index (χ4v) is 10.2. The van der Waals surface area contributed by atoms with Crippen LogP contribution in [0.4, 0.5) is 9.59 Å². The molecule has 4 saturated heterocycles. The van der Waals surface area contributed by atoms with Crippen molar-refractivity contribution in [1.82, 2.24) is 31.9 Å². The molecule has 0 bridgehead atoms. The molecule has 0 radical (unpaired) electrons. The van der Waals surface area contributed by atoms with Crippen LogP contribution < -0.4 is 31.9 Å².